The van der Waals surface area contributed by atoms with Crippen LogP contribution in [0.2, 0.25) is 0 Å². The molecule has 0 fully saturated rings. The van der Waals surface area contributed by atoms with E-state index in [-0.39, 0.29) is 5.78 Å². The number of anilines is 1. The summed E-state index contributed by atoms with van der Waals surface area (Å²) in [6.07, 6.45) is 4.10. The van der Waals surface area contributed by atoms with E-state index in [4.69, 9.17) is 0 Å². The van der Waals surface area contributed by atoms with Gasteiger partial charge in [-0.2, -0.15) is 0 Å². The van der Waals surface area contributed by atoms with Crippen molar-refractivity contribution in [3.05, 3.63) is 71.4 Å². The van der Waals surface area contributed by atoms with Crippen LogP contribution in [0.5, 0.6) is 0 Å². The van der Waals surface area contributed by atoms with E-state index in [0.29, 0.717) is 0 Å². The first kappa shape index (κ1) is 13.5. The van der Waals surface area contributed by atoms with E-state index in [1.807, 2.05) is 42.6 Å². The lowest BCUT2D eigenvalue weighted by molar-refractivity contribution is 0.104. The lowest BCUT2D eigenvalue weighted by Gasteiger charge is -2.18. The van der Waals surface area contributed by atoms with Crippen LogP contribution in [0, 0.1) is 0 Å². The number of aryl methyl sites for hydroxylation is 1. The summed E-state index contributed by atoms with van der Waals surface area (Å²) in [4.78, 5) is 17.3. The highest BCUT2D eigenvalue weighted by molar-refractivity contribution is 6.23. The van der Waals surface area contributed by atoms with Crippen LogP contribution < -0.4 is 5.32 Å². The van der Waals surface area contributed by atoms with Gasteiger partial charge in [-0.15, -0.1) is 0 Å². The molecule has 2 aromatic carbocycles. The number of ketones is 1. The van der Waals surface area contributed by atoms with E-state index in [9.17, 15) is 4.79 Å². The minimum Gasteiger partial charge on any atom is -0.370 e. The highest BCUT2D eigenvalue weighted by Crippen LogP contribution is 2.43. The maximum absolute atomic E-state index is 12.7. The molecule has 116 valence electrons. The van der Waals surface area contributed by atoms with Crippen molar-refractivity contribution < 1.29 is 4.79 Å². The Hall–Kier alpha value is -2.94. The number of carbonyl (C=O) groups is 1. The lowest BCUT2D eigenvalue weighted by Crippen LogP contribution is -2.13. The number of nitrogens with one attached hydrogen (secondary N) is 1. The molecular weight excluding hydrogens is 296 g/mol. The average Bonchev–Trinajstić information content (AvgIpc) is 2.95. The number of hydrogen-bond donors (Lipinski definition) is 1. The van der Waals surface area contributed by atoms with Crippen LogP contribution in [0.3, 0.4) is 0 Å². The van der Waals surface area contributed by atoms with Gasteiger partial charge in [0.1, 0.15) is 5.82 Å². The zero-order chi connectivity index (χ0) is 16.1. The number of fused-ring (bicyclic) bond motifs is 4. The van der Waals surface area contributed by atoms with Gasteiger partial charge in [0.2, 0.25) is 0 Å². The molecule has 3 heteroatoms. The summed E-state index contributed by atoms with van der Waals surface area (Å²) in [5, 5.41) is 3.35. The van der Waals surface area contributed by atoms with Gasteiger partial charge in [-0.1, -0.05) is 42.5 Å². The van der Waals surface area contributed by atoms with Crippen molar-refractivity contribution >= 4 is 11.6 Å². The van der Waals surface area contributed by atoms with Gasteiger partial charge in [-0.05, 0) is 35.6 Å². The third kappa shape index (κ3) is 1.84. The molecule has 0 saturated carbocycles. The molecule has 0 spiro atoms. The van der Waals surface area contributed by atoms with E-state index < -0.39 is 0 Å². The zero-order valence-electron chi connectivity index (χ0n) is 13.2. The third-order valence-corrected chi connectivity index (χ3v) is 4.94. The smallest absolute Gasteiger partial charge is 0.194 e. The van der Waals surface area contributed by atoms with Crippen molar-refractivity contribution in [2.75, 3.05) is 11.9 Å². The minimum atomic E-state index is 0.120. The Labute approximate surface area is 140 Å². The van der Waals surface area contributed by atoms with E-state index in [2.05, 4.69) is 22.4 Å². The molecule has 2 aliphatic rings. The summed E-state index contributed by atoms with van der Waals surface area (Å²) in [7, 11) is 0. The van der Waals surface area contributed by atoms with Crippen LogP contribution in [0.15, 0.2) is 54.7 Å². The molecule has 5 rings (SSSR count). The summed E-state index contributed by atoms with van der Waals surface area (Å²) >= 11 is 0. The molecule has 0 unspecified atom stereocenters. The van der Waals surface area contributed by atoms with Crippen molar-refractivity contribution in [2.24, 2.45) is 0 Å². The molecule has 0 saturated heterocycles. The van der Waals surface area contributed by atoms with Crippen molar-refractivity contribution in [3.63, 3.8) is 0 Å². The van der Waals surface area contributed by atoms with Gasteiger partial charge in [-0.3, -0.25) is 4.79 Å². The largest absolute Gasteiger partial charge is 0.370 e. The van der Waals surface area contributed by atoms with Gasteiger partial charge < -0.3 is 5.32 Å². The second kappa shape index (κ2) is 5.03. The van der Waals surface area contributed by atoms with E-state index in [1.54, 1.807) is 0 Å². The van der Waals surface area contributed by atoms with Crippen molar-refractivity contribution in [1.82, 2.24) is 4.98 Å². The van der Waals surface area contributed by atoms with E-state index in [1.165, 1.54) is 5.56 Å². The second-order valence-electron chi connectivity index (χ2n) is 6.36. The Kier molecular flexibility index (Phi) is 2.83. The first-order chi connectivity index (χ1) is 11.8. The predicted molar refractivity (Wildman–Crippen MR) is 95.4 cm³/mol. The molecule has 3 aromatic rings. The fourth-order valence-corrected chi connectivity index (χ4v) is 3.81. The highest BCUT2D eigenvalue weighted by Gasteiger charge is 2.28. The number of benzene rings is 2. The Morgan fingerprint density at radius 1 is 0.917 bits per heavy atom. The molecule has 3 nitrogen and oxygen atoms in total. The zero-order valence-corrected chi connectivity index (χ0v) is 13.2. The van der Waals surface area contributed by atoms with Crippen molar-refractivity contribution in [1.29, 1.82) is 0 Å². The van der Waals surface area contributed by atoms with Crippen LogP contribution in [0.25, 0.3) is 22.3 Å². The minimum absolute atomic E-state index is 0.120. The quantitative estimate of drug-likeness (QED) is 0.569. The number of carbonyl (C=O) groups excluding carboxylic acids is 1. The van der Waals surface area contributed by atoms with Gasteiger partial charge in [0, 0.05) is 35.0 Å². The topological polar surface area (TPSA) is 42.0 Å². The van der Waals surface area contributed by atoms with Crippen LogP contribution >= 0.6 is 0 Å². The first-order valence-corrected chi connectivity index (χ1v) is 8.33. The summed E-state index contributed by atoms with van der Waals surface area (Å²) in [5.41, 5.74) is 7.10. The summed E-state index contributed by atoms with van der Waals surface area (Å²) < 4.78 is 0. The summed E-state index contributed by atoms with van der Waals surface area (Å²) in [6, 6.07) is 16.1. The molecule has 2 heterocycles. The van der Waals surface area contributed by atoms with Crippen LogP contribution in [0.4, 0.5) is 5.82 Å². The number of nitrogens with zero attached hydrogens (tertiary/aromatic N) is 1. The number of hydrogen-bond acceptors (Lipinski definition) is 3. The first-order valence-electron chi connectivity index (χ1n) is 8.33. The maximum Gasteiger partial charge on any atom is 0.194 e. The number of aromatic nitrogens is 1. The Bertz CT molecular complexity index is 991. The molecule has 0 amide bonds. The highest BCUT2D eigenvalue weighted by atomic mass is 16.1. The number of rotatable bonds is 1. The van der Waals surface area contributed by atoms with Crippen molar-refractivity contribution in [2.45, 2.75) is 12.8 Å². The summed E-state index contributed by atoms with van der Waals surface area (Å²) in [5.74, 6) is 1.11. The Morgan fingerprint density at radius 2 is 1.71 bits per heavy atom. The monoisotopic (exact) mass is 312 g/mol. The van der Waals surface area contributed by atoms with Crippen LogP contribution in [-0.4, -0.2) is 17.3 Å². The molecule has 1 aromatic heterocycles. The Morgan fingerprint density at radius 3 is 2.62 bits per heavy atom. The SMILES string of the molecule is O=C1c2ccccc2-c2c1cccc2-c1cnc2c(c1)CCCN2. The molecule has 24 heavy (non-hydrogen) atoms. The maximum atomic E-state index is 12.7. The molecular formula is C21H16N2O. The van der Waals surface area contributed by atoms with Gasteiger partial charge in [0.25, 0.3) is 0 Å². The third-order valence-electron chi connectivity index (χ3n) is 4.94. The Balaban J connectivity index is 1.74. The molecule has 1 aliphatic carbocycles. The van der Waals surface area contributed by atoms with Gasteiger partial charge in [0.15, 0.2) is 5.78 Å². The van der Waals surface area contributed by atoms with E-state index >= 15 is 0 Å². The molecule has 0 radical (unpaired) electrons. The standard InChI is InChI=1S/C21H16N2O/c24-20-17-7-2-1-6-16(17)19-15(8-3-9-18(19)20)14-11-13-5-4-10-22-21(13)23-12-14/h1-3,6-9,11-12H,4-5,10H2,(H,22,23). The number of pyridine rings is 1. The average molecular weight is 312 g/mol. The molecule has 1 N–H and O–H groups in total. The van der Waals surface area contributed by atoms with E-state index in [0.717, 1.165) is 58.6 Å². The van der Waals surface area contributed by atoms with Gasteiger partial charge in [-0.25, -0.2) is 4.98 Å². The van der Waals surface area contributed by atoms with Crippen LogP contribution in [-0.2, 0) is 6.42 Å². The summed E-state index contributed by atoms with van der Waals surface area (Å²) in [6.45, 7) is 0.988. The predicted octanol–water partition coefficient (Wildman–Crippen LogP) is 4.32. The second-order valence-corrected chi connectivity index (χ2v) is 6.36. The molecule has 0 bridgehead atoms. The van der Waals surface area contributed by atoms with Crippen molar-refractivity contribution in [3.8, 4) is 22.3 Å². The fourth-order valence-electron chi connectivity index (χ4n) is 3.81. The normalized spacial score (nSPS) is 14.6. The fraction of sp³-hybridized carbons (Fsp3) is 0.143. The molecule has 1 aliphatic heterocycles. The van der Waals surface area contributed by atoms with Crippen LogP contribution in [0.1, 0.15) is 27.9 Å². The molecule has 0 atom stereocenters. The lowest BCUT2D eigenvalue weighted by atomic mass is 9.93. The van der Waals surface area contributed by atoms with Gasteiger partial charge >= 0.3 is 0 Å². The van der Waals surface area contributed by atoms with Gasteiger partial charge in [0.05, 0.1) is 0 Å².